The highest BCUT2D eigenvalue weighted by Crippen LogP contribution is 2.19. The van der Waals surface area contributed by atoms with Crippen molar-refractivity contribution in [3.05, 3.63) is 41.7 Å². The molecule has 0 aliphatic rings. The van der Waals surface area contributed by atoms with Crippen molar-refractivity contribution in [2.24, 2.45) is 10.9 Å². The third-order valence-electron chi connectivity index (χ3n) is 2.97. The second kappa shape index (κ2) is 7.25. The van der Waals surface area contributed by atoms with E-state index in [0.29, 0.717) is 17.9 Å². The summed E-state index contributed by atoms with van der Waals surface area (Å²) < 4.78 is 7.01. The van der Waals surface area contributed by atoms with Crippen LogP contribution in [0.2, 0.25) is 0 Å². The molecule has 0 saturated carbocycles. The number of amidine groups is 1. The van der Waals surface area contributed by atoms with Crippen molar-refractivity contribution in [2.75, 3.05) is 13.7 Å². The first-order chi connectivity index (χ1) is 10.2. The van der Waals surface area contributed by atoms with Gasteiger partial charge in [0.05, 0.1) is 25.4 Å². The second-order valence-electron chi connectivity index (χ2n) is 4.36. The highest BCUT2D eigenvalue weighted by Gasteiger charge is 2.08. The summed E-state index contributed by atoms with van der Waals surface area (Å²) in [5.74, 6) is 0.596. The average Bonchev–Trinajstić information content (AvgIpc) is 3.04. The topological polar surface area (TPSA) is 111 Å². The number of oxime groups is 1. The summed E-state index contributed by atoms with van der Waals surface area (Å²) in [6.07, 6.45) is 3.47. The van der Waals surface area contributed by atoms with Crippen LogP contribution in [0.15, 0.2) is 35.7 Å². The molecule has 0 fully saturated rings. The van der Waals surface area contributed by atoms with E-state index in [2.05, 4.69) is 20.8 Å². The van der Waals surface area contributed by atoms with Gasteiger partial charge < -0.3 is 21.0 Å². The molecule has 0 unspecified atom stereocenters. The Hall–Kier alpha value is -2.61. The van der Waals surface area contributed by atoms with Gasteiger partial charge in [0.25, 0.3) is 0 Å². The normalized spacial score (nSPS) is 11.6. The molecule has 8 nitrogen and oxygen atoms in total. The van der Waals surface area contributed by atoms with Gasteiger partial charge in [0.2, 0.25) is 0 Å². The maximum absolute atomic E-state index is 8.72. The van der Waals surface area contributed by atoms with Crippen LogP contribution in [0, 0.1) is 0 Å². The molecule has 8 heteroatoms. The van der Waals surface area contributed by atoms with Gasteiger partial charge in [0.15, 0.2) is 5.84 Å². The molecular formula is C13H18N6O2. The van der Waals surface area contributed by atoms with E-state index >= 15 is 0 Å². The van der Waals surface area contributed by atoms with E-state index in [0.717, 1.165) is 18.7 Å². The molecule has 4 N–H and O–H groups in total. The molecule has 112 valence electrons. The number of ether oxygens (including phenoxy) is 1. The second-order valence-corrected chi connectivity index (χ2v) is 4.36. The Bertz CT molecular complexity index is 597. The maximum atomic E-state index is 8.72. The quantitative estimate of drug-likeness (QED) is 0.220. The van der Waals surface area contributed by atoms with Crippen LogP contribution >= 0.6 is 0 Å². The summed E-state index contributed by atoms with van der Waals surface area (Å²) in [6, 6.07) is 5.52. The Balaban J connectivity index is 1.91. The van der Waals surface area contributed by atoms with Crippen LogP contribution in [0.4, 0.5) is 0 Å². The van der Waals surface area contributed by atoms with Crippen LogP contribution in [-0.4, -0.2) is 39.7 Å². The van der Waals surface area contributed by atoms with Gasteiger partial charge in [-0.3, -0.25) is 4.68 Å². The molecule has 2 rings (SSSR count). The van der Waals surface area contributed by atoms with E-state index in [4.69, 9.17) is 15.7 Å². The lowest BCUT2D eigenvalue weighted by molar-refractivity contribution is 0.318. The van der Waals surface area contributed by atoms with Gasteiger partial charge in [-0.15, -0.1) is 5.10 Å². The number of hydrogen-bond donors (Lipinski definition) is 3. The zero-order valence-electron chi connectivity index (χ0n) is 11.7. The van der Waals surface area contributed by atoms with Crippen LogP contribution in [0.1, 0.15) is 11.1 Å². The smallest absolute Gasteiger partial charge is 0.173 e. The summed E-state index contributed by atoms with van der Waals surface area (Å²) in [6.45, 7) is 2.20. The fraction of sp³-hybridized carbons (Fsp3) is 0.308. The highest BCUT2D eigenvalue weighted by molar-refractivity contribution is 5.99. The minimum absolute atomic E-state index is 0.0255. The Morgan fingerprint density at radius 3 is 3.05 bits per heavy atom. The molecule has 2 aromatic rings. The first-order valence-corrected chi connectivity index (χ1v) is 6.44. The van der Waals surface area contributed by atoms with Crippen molar-refractivity contribution < 1.29 is 9.94 Å². The average molecular weight is 290 g/mol. The lowest BCUT2D eigenvalue weighted by Gasteiger charge is -2.10. The number of nitrogens with one attached hydrogen (secondary N) is 1. The van der Waals surface area contributed by atoms with E-state index in [-0.39, 0.29) is 5.84 Å². The summed E-state index contributed by atoms with van der Waals surface area (Å²) in [7, 11) is 1.55. The van der Waals surface area contributed by atoms with E-state index in [1.165, 1.54) is 0 Å². The van der Waals surface area contributed by atoms with Crippen molar-refractivity contribution in [2.45, 2.75) is 13.1 Å². The molecule has 1 aromatic heterocycles. The lowest BCUT2D eigenvalue weighted by Crippen LogP contribution is -2.20. The van der Waals surface area contributed by atoms with Gasteiger partial charge in [-0.1, -0.05) is 16.4 Å². The molecule has 1 heterocycles. The van der Waals surface area contributed by atoms with E-state index < -0.39 is 0 Å². The van der Waals surface area contributed by atoms with Crippen LogP contribution in [0.3, 0.4) is 0 Å². The summed E-state index contributed by atoms with van der Waals surface area (Å²) in [5.41, 5.74) is 7.19. The van der Waals surface area contributed by atoms with Crippen molar-refractivity contribution in [3.63, 3.8) is 0 Å². The molecular weight excluding hydrogens is 272 g/mol. The number of nitrogens with zero attached hydrogens (tertiary/aromatic N) is 4. The number of nitrogens with two attached hydrogens (primary N) is 1. The minimum Gasteiger partial charge on any atom is -0.496 e. The summed E-state index contributed by atoms with van der Waals surface area (Å²) in [5, 5.41) is 22.6. The first-order valence-electron chi connectivity index (χ1n) is 6.44. The number of aromatic nitrogens is 3. The largest absolute Gasteiger partial charge is 0.496 e. The van der Waals surface area contributed by atoms with Gasteiger partial charge in [0, 0.05) is 19.3 Å². The minimum atomic E-state index is 0.0255. The molecule has 0 amide bonds. The predicted octanol–water partition coefficient (Wildman–Crippen LogP) is 0.171. The van der Waals surface area contributed by atoms with Crippen molar-refractivity contribution >= 4 is 5.84 Å². The third-order valence-corrected chi connectivity index (χ3v) is 2.97. The predicted molar refractivity (Wildman–Crippen MR) is 77.2 cm³/mol. The van der Waals surface area contributed by atoms with Gasteiger partial charge >= 0.3 is 0 Å². The number of methoxy groups -OCH3 is 1. The van der Waals surface area contributed by atoms with E-state index in [1.807, 2.05) is 18.3 Å². The molecule has 21 heavy (non-hydrogen) atoms. The summed E-state index contributed by atoms with van der Waals surface area (Å²) >= 11 is 0. The zero-order chi connectivity index (χ0) is 15.1. The number of hydrogen-bond acceptors (Lipinski definition) is 6. The van der Waals surface area contributed by atoms with Crippen molar-refractivity contribution in [3.8, 4) is 5.75 Å². The molecule has 0 atom stereocenters. The Morgan fingerprint density at radius 2 is 2.38 bits per heavy atom. The van der Waals surface area contributed by atoms with Gasteiger partial charge in [-0.25, -0.2) is 0 Å². The molecule has 1 aromatic carbocycles. The molecule has 0 radical (unpaired) electrons. The standard InChI is InChI=1S/C13H18N6O2/c1-21-12-8-10(2-3-11(12)13(14)17-20)9-15-4-6-19-7-5-16-18-19/h2-3,5,7-8,15,20H,4,6,9H2,1H3,(H2,14,17). The summed E-state index contributed by atoms with van der Waals surface area (Å²) in [4.78, 5) is 0. The van der Waals surface area contributed by atoms with Crippen LogP contribution in [-0.2, 0) is 13.1 Å². The number of rotatable bonds is 7. The van der Waals surface area contributed by atoms with Gasteiger partial charge in [0.1, 0.15) is 5.75 Å². The SMILES string of the molecule is COc1cc(CNCCn2ccnn2)ccc1/C(N)=N/O. The van der Waals surface area contributed by atoms with Gasteiger partial charge in [-0.2, -0.15) is 0 Å². The van der Waals surface area contributed by atoms with Crippen molar-refractivity contribution in [1.82, 2.24) is 20.3 Å². The third kappa shape index (κ3) is 3.93. The Kier molecular flexibility index (Phi) is 5.10. The number of benzene rings is 1. The Labute approximate surface area is 122 Å². The van der Waals surface area contributed by atoms with Crippen LogP contribution < -0.4 is 15.8 Å². The maximum Gasteiger partial charge on any atom is 0.173 e. The highest BCUT2D eigenvalue weighted by atomic mass is 16.5. The molecule has 0 saturated heterocycles. The fourth-order valence-corrected chi connectivity index (χ4v) is 1.89. The first kappa shape index (κ1) is 14.8. The lowest BCUT2D eigenvalue weighted by atomic mass is 10.1. The fourth-order valence-electron chi connectivity index (χ4n) is 1.89. The molecule has 0 aliphatic heterocycles. The van der Waals surface area contributed by atoms with E-state index in [1.54, 1.807) is 24.1 Å². The van der Waals surface area contributed by atoms with Crippen LogP contribution in [0.5, 0.6) is 5.75 Å². The van der Waals surface area contributed by atoms with Crippen LogP contribution in [0.25, 0.3) is 0 Å². The molecule has 0 bridgehead atoms. The molecule has 0 spiro atoms. The van der Waals surface area contributed by atoms with Crippen molar-refractivity contribution in [1.29, 1.82) is 0 Å². The Morgan fingerprint density at radius 1 is 1.52 bits per heavy atom. The monoisotopic (exact) mass is 290 g/mol. The van der Waals surface area contributed by atoms with Gasteiger partial charge in [-0.05, 0) is 17.7 Å². The zero-order valence-corrected chi connectivity index (χ0v) is 11.7. The molecule has 0 aliphatic carbocycles. The van der Waals surface area contributed by atoms with E-state index in [9.17, 15) is 0 Å².